The monoisotopic (exact) mass is 250 g/mol. The van der Waals surface area contributed by atoms with Crippen LogP contribution in [0.1, 0.15) is 25.7 Å². The van der Waals surface area contributed by atoms with Crippen molar-refractivity contribution in [1.82, 2.24) is 0 Å². The fourth-order valence-electron chi connectivity index (χ4n) is 2.39. The first-order valence-corrected chi connectivity index (χ1v) is 6.24. The van der Waals surface area contributed by atoms with Gasteiger partial charge in [0.25, 0.3) is 0 Å². The minimum Gasteiger partial charge on any atom is -0.370 e. The lowest BCUT2D eigenvalue weighted by molar-refractivity contribution is -0.445. The fourth-order valence-corrected chi connectivity index (χ4v) is 2.55. The quantitative estimate of drug-likeness (QED) is 0.576. The van der Waals surface area contributed by atoms with E-state index in [1.807, 2.05) is 0 Å². The maximum atomic E-state index is 5.67. The van der Waals surface area contributed by atoms with Crippen LogP contribution in [0.15, 0.2) is 0 Å². The molecule has 4 nitrogen and oxygen atoms in total. The molecule has 16 heavy (non-hydrogen) atoms. The maximum absolute atomic E-state index is 5.67. The van der Waals surface area contributed by atoms with Crippen LogP contribution < -0.4 is 0 Å². The second-order valence-corrected chi connectivity index (χ2v) is 4.39. The van der Waals surface area contributed by atoms with Crippen molar-refractivity contribution in [2.45, 2.75) is 37.3 Å². The summed E-state index contributed by atoms with van der Waals surface area (Å²) in [7, 11) is 4.85. The Balaban J connectivity index is 2.90. The molecule has 1 aliphatic heterocycles. The molecular weight excluding hydrogens is 228 g/mol. The molecule has 0 radical (unpaired) electrons. The summed E-state index contributed by atoms with van der Waals surface area (Å²) >= 11 is 4.23. The van der Waals surface area contributed by atoms with Gasteiger partial charge in [-0.15, -0.1) is 0 Å². The van der Waals surface area contributed by atoms with E-state index in [1.54, 1.807) is 21.3 Å². The van der Waals surface area contributed by atoms with E-state index in [1.165, 1.54) is 0 Å². The van der Waals surface area contributed by atoms with Gasteiger partial charge >= 0.3 is 5.97 Å². The second-order valence-electron chi connectivity index (χ2n) is 3.94. The average Bonchev–Trinajstić information content (AvgIpc) is 2.36. The smallest absolute Gasteiger partial charge is 0.313 e. The minimum atomic E-state index is -1.08. The SMILES string of the molecule is COC1(CCCS)CCCOC1(OC)OC. The van der Waals surface area contributed by atoms with Gasteiger partial charge in [0.05, 0.1) is 6.61 Å². The van der Waals surface area contributed by atoms with Crippen LogP contribution in [0, 0.1) is 0 Å². The van der Waals surface area contributed by atoms with Gasteiger partial charge in [-0.3, -0.25) is 0 Å². The first kappa shape index (κ1) is 14.3. The van der Waals surface area contributed by atoms with Crippen LogP contribution in [0.3, 0.4) is 0 Å². The van der Waals surface area contributed by atoms with Crippen molar-refractivity contribution in [3.05, 3.63) is 0 Å². The van der Waals surface area contributed by atoms with Crippen molar-refractivity contribution < 1.29 is 18.9 Å². The topological polar surface area (TPSA) is 36.9 Å². The van der Waals surface area contributed by atoms with Crippen molar-refractivity contribution in [2.75, 3.05) is 33.7 Å². The Morgan fingerprint density at radius 3 is 2.38 bits per heavy atom. The van der Waals surface area contributed by atoms with Gasteiger partial charge in [-0.2, -0.15) is 12.6 Å². The van der Waals surface area contributed by atoms with E-state index in [2.05, 4.69) is 12.6 Å². The van der Waals surface area contributed by atoms with E-state index in [0.29, 0.717) is 6.61 Å². The zero-order valence-electron chi connectivity index (χ0n) is 10.3. The first-order chi connectivity index (χ1) is 7.70. The molecule has 0 amide bonds. The summed E-state index contributed by atoms with van der Waals surface area (Å²) < 4.78 is 22.2. The molecule has 0 aromatic carbocycles. The maximum Gasteiger partial charge on any atom is 0.313 e. The van der Waals surface area contributed by atoms with Gasteiger partial charge < -0.3 is 18.9 Å². The van der Waals surface area contributed by atoms with Crippen LogP contribution >= 0.6 is 12.6 Å². The highest BCUT2D eigenvalue weighted by Gasteiger charge is 2.56. The Morgan fingerprint density at radius 1 is 1.19 bits per heavy atom. The molecule has 96 valence electrons. The molecule has 0 bridgehead atoms. The lowest BCUT2D eigenvalue weighted by Gasteiger charge is -2.49. The Bertz CT molecular complexity index is 208. The summed E-state index contributed by atoms with van der Waals surface area (Å²) in [6.07, 6.45) is 3.58. The molecule has 0 saturated carbocycles. The van der Waals surface area contributed by atoms with Crippen molar-refractivity contribution in [1.29, 1.82) is 0 Å². The van der Waals surface area contributed by atoms with Gasteiger partial charge in [0.15, 0.2) is 0 Å². The normalized spacial score (nSPS) is 29.2. The Hall–Kier alpha value is 0.190. The molecule has 1 rings (SSSR count). The third kappa shape index (κ3) is 2.38. The van der Waals surface area contributed by atoms with E-state index in [4.69, 9.17) is 18.9 Å². The number of ether oxygens (including phenoxy) is 4. The van der Waals surface area contributed by atoms with E-state index >= 15 is 0 Å². The van der Waals surface area contributed by atoms with Crippen molar-refractivity contribution in [3.63, 3.8) is 0 Å². The Kier molecular flexibility index (Phi) is 5.53. The molecule has 0 aromatic rings. The zero-order valence-corrected chi connectivity index (χ0v) is 11.2. The lowest BCUT2D eigenvalue weighted by Crippen LogP contribution is -2.62. The Labute approximate surface area is 103 Å². The van der Waals surface area contributed by atoms with Gasteiger partial charge in [-0.25, -0.2) is 0 Å². The predicted molar refractivity (Wildman–Crippen MR) is 64.8 cm³/mol. The third-order valence-electron chi connectivity index (χ3n) is 3.24. The lowest BCUT2D eigenvalue weighted by atomic mass is 9.87. The van der Waals surface area contributed by atoms with Crippen molar-refractivity contribution >= 4 is 12.6 Å². The number of rotatable bonds is 6. The molecule has 1 unspecified atom stereocenters. The van der Waals surface area contributed by atoms with Gasteiger partial charge in [0.2, 0.25) is 0 Å². The minimum absolute atomic E-state index is 0.530. The molecule has 5 heteroatoms. The largest absolute Gasteiger partial charge is 0.370 e. The highest BCUT2D eigenvalue weighted by Crippen LogP contribution is 2.42. The van der Waals surface area contributed by atoms with Crippen LogP contribution in [0.25, 0.3) is 0 Å². The summed E-state index contributed by atoms with van der Waals surface area (Å²) in [5.41, 5.74) is -0.530. The molecule has 1 heterocycles. The summed E-state index contributed by atoms with van der Waals surface area (Å²) in [6.45, 7) is 0.633. The molecular formula is C11H22O4S. The van der Waals surface area contributed by atoms with E-state index in [-0.39, 0.29) is 0 Å². The standard InChI is InChI=1S/C11H22O4S/c1-12-10(7-5-9-16)6-4-8-15-11(10,13-2)14-3/h16H,4-9H2,1-3H3. The van der Waals surface area contributed by atoms with E-state index in [9.17, 15) is 0 Å². The van der Waals surface area contributed by atoms with Crippen LogP contribution in [0.5, 0.6) is 0 Å². The molecule has 0 N–H and O–H groups in total. The molecule has 0 aromatic heterocycles. The Morgan fingerprint density at radius 2 is 1.88 bits per heavy atom. The first-order valence-electron chi connectivity index (χ1n) is 5.60. The number of hydrogen-bond donors (Lipinski definition) is 1. The van der Waals surface area contributed by atoms with Gasteiger partial charge in [-0.05, 0) is 31.4 Å². The predicted octanol–water partition coefficient (Wildman–Crippen LogP) is 1.84. The highest BCUT2D eigenvalue weighted by atomic mass is 32.1. The van der Waals surface area contributed by atoms with Crippen LogP contribution in [0.2, 0.25) is 0 Å². The van der Waals surface area contributed by atoms with E-state index < -0.39 is 11.6 Å². The average molecular weight is 250 g/mol. The number of hydrogen-bond acceptors (Lipinski definition) is 5. The van der Waals surface area contributed by atoms with Crippen LogP contribution in [-0.4, -0.2) is 45.3 Å². The van der Waals surface area contributed by atoms with E-state index in [0.717, 1.165) is 31.4 Å². The molecule has 0 spiro atoms. The summed E-state index contributed by atoms with van der Waals surface area (Å²) in [5, 5.41) is 0. The molecule has 1 aliphatic rings. The fraction of sp³-hybridized carbons (Fsp3) is 1.00. The van der Waals surface area contributed by atoms with Crippen molar-refractivity contribution in [2.24, 2.45) is 0 Å². The van der Waals surface area contributed by atoms with Crippen molar-refractivity contribution in [3.8, 4) is 0 Å². The van der Waals surface area contributed by atoms with Crippen LogP contribution in [0.4, 0.5) is 0 Å². The zero-order chi connectivity index (χ0) is 12.1. The number of methoxy groups -OCH3 is 3. The van der Waals surface area contributed by atoms with Gasteiger partial charge in [0, 0.05) is 21.3 Å². The number of thiol groups is 1. The third-order valence-corrected chi connectivity index (χ3v) is 3.56. The van der Waals surface area contributed by atoms with Crippen LogP contribution in [-0.2, 0) is 18.9 Å². The highest BCUT2D eigenvalue weighted by molar-refractivity contribution is 7.80. The second kappa shape index (κ2) is 6.21. The summed E-state index contributed by atoms with van der Waals surface area (Å²) in [4.78, 5) is 0. The summed E-state index contributed by atoms with van der Waals surface area (Å²) in [6, 6.07) is 0. The van der Waals surface area contributed by atoms with Gasteiger partial charge in [0.1, 0.15) is 5.60 Å². The molecule has 0 aliphatic carbocycles. The molecule has 1 saturated heterocycles. The van der Waals surface area contributed by atoms with Gasteiger partial charge in [-0.1, -0.05) is 0 Å². The molecule has 1 fully saturated rings. The summed E-state index contributed by atoms with van der Waals surface area (Å²) in [5.74, 6) is -0.266. The molecule has 1 atom stereocenters.